The van der Waals surface area contributed by atoms with Crippen molar-refractivity contribution in [1.82, 2.24) is 4.57 Å². The minimum Gasteiger partial charge on any atom is -0.496 e. The van der Waals surface area contributed by atoms with Gasteiger partial charge in [-0.05, 0) is 31.2 Å². The second-order valence-electron chi connectivity index (χ2n) is 4.88. The van der Waals surface area contributed by atoms with Gasteiger partial charge in [0.25, 0.3) is 0 Å². The van der Waals surface area contributed by atoms with Crippen molar-refractivity contribution < 1.29 is 9.47 Å². The number of fused-ring (bicyclic) bond motifs is 1. The summed E-state index contributed by atoms with van der Waals surface area (Å²) in [7, 11) is 1.71. The molecule has 0 spiro atoms. The first-order valence-electron chi connectivity index (χ1n) is 7.16. The van der Waals surface area contributed by atoms with Crippen LogP contribution in [0.4, 0.5) is 0 Å². The van der Waals surface area contributed by atoms with Gasteiger partial charge in [-0.1, -0.05) is 24.3 Å². The maximum absolute atomic E-state index is 5.69. The lowest BCUT2D eigenvalue weighted by atomic mass is 10.2. The summed E-state index contributed by atoms with van der Waals surface area (Å²) in [5.74, 6) is 1.86. The number of methoxy groups -OCH3 is 1. The van der Waals surface area contributed by atoms with Crippen LogP contribution in [-0.2, 0) is 6.54 Å². The third-order valence-electron chi connectivity index (χ3n) is 3.61. The molecule has 0 aliphatic carbocycles. The molecule has 108 valence electrons. The SMILES string of the molecule is CCOc1cccc2c1ccn2Cc1ccccc1OC. The number of para-hydroxylation sites is 1. The molecule has 1 heterocycles. The number of hydrogen-bond acceptors (Lipinski definition) is 2. The molecule has 0 saturated heterocycles. The molecule has 0 unspecified atom stereocenters. The Labute approximate surface area is 124 Å². The molecule has 0 N–H and O–H groups in total. The summed E-state index contributed by atoms with van der Waals surface area (Å²) in [6, 6.07) is 16.4. The number of nitrogens with zero attached hydrogens (tertiary/aromatic N) is 1. The lowest BCUT2D eigenvalue weighted by molar-refractivity contribution is 0.344. The first kappa shape index (κ1) is 13.6. The zero-order chi connectivity index (χ0) is 14.7. The van der Waals surface area contributed by atoms with Crippen LogP contribution in [0.1, 0.15) is 12.5 Å². The maximum Gasteiger partial charge on any atom is 0.128 e. The Bertz CT molecular complexity index is 746. The number of ether oxygens (including phenoxy) is 2. The summed E-state index contributed by atoms with van der Waals surface area (Å²) < 4.78 is 13.3. The molecule has 0 aliphatic rings. The van der Waals surface area contributed by atoms with Gasteiger partial charge < -0.3 is 14.0 Å². The fraction of sp³-hybridized carbons (Fsp3) is 0.222. The van der Waals surface area contributed by atoms with E-state index in [0.717, 1.165) is 23.4 Å². The molecule has 0 fully saturated rings. The highest BCUT2D eigenvalue weighted by Gasteiger charge is 2.08. The van der Waals surface area contributed by atoms with Crippen LogP contribution in [0.3, 0.4) is 0 Å². The van der Waals surface area contributed by atoms with Crippen molar-refractivity contribution in [2.24, 2.45) is 0 Å². The van der Waals surface area contributed by atoms with Crippen molar-refractivity contribution in [3.63, 3.8) is 0 Å². The van der Waals surface area contributed by atoms with Gasteiger partial charge in [-0.25, -0.2) is 0 Å². The molecule has 0 atom stereocenters. The molecule has 3 nitrogen and oxygen atoms in total. The van der Waals surface area contributed by atoms with Gasteiger partial charge in [0, 0.05) is 17.1 Å². The Kier molecular flexibility index (Phi) is 3.82. The van der Waals surface area contributed by atoms with E-state index >= 15 is 0 Å². The second-order valence-corrected chi connectivity index (χ2v) is 4.88. The van der Waals surface area contributed by atoms with Crippen LogP contribution in [0.5, 0.6) is 11.5 Å². The van der Waals surface area contributed by atoms with E-state index in [1.807, 2.05) is 37.3 Å². The number of hydrogen-bond donors (Lipinski definition) is 0. The lowest BCUT2D eigenvalue weighted by Gasteiger charge is -2.11. The number of benzene rings is 2. The molecule has 3 heteroatoms. The summed E-state index contributed by atoms with van der Waals surface area (Å²) in [5.41, 5.74) is 2.34. The van der Waals surface area contributed by atoms with E-state index < -0.39 is 0 Å². The Morgan fingerprint density at radius 2 is 1.76 bits per heavy atom. The number of rotatable bonds is 5. The first-order chi connectivity index (χ1) is 10.3. The Morgan fingerprint density at radius 1 is 0.952 bits per heavy atom. The van der Waals surface area contributed by atoms with Crippen molar-refractivity contribution in [3.8, 4) is 11.5 Å². The highest BCUT2D eigenvalue weighted by Crippen LogP contribution is 2.28. The zero-order valence-electron chi connectivity index (χ0n) is 12.4. The van der Waals surface area contributed by atoms with Gasteiger partial charge in [0.1, 0.15) is 11.5 Å². The summed E-state index contributed by atoms with van der Waals surface area (Å²) in [6.07, 6.45) is 2.10. The van der Waals surface area contributed by atoms with Crippen molar-refractivity contribution in [1.29, 1.82) is 0 Å². The van der Waals surface area contributed by atoms with Crippen molar-refractivity contribution in [2.45, 2.75) is 13.5 Å². The van der Waals surface area contributed by atoms with Crippen molar-refractivity contribution in [3.05, 3.63) is 60.3 Å². The van der Waals surface area contributed by atoms with Gasteiger partial charge >= 0.3 is 0 Å². The van der Waals surface area contributed by atoms with Gasteiger partial charge in [-0.2, -0.15) is 0 Å². The second kappa shape index (κ2) is 5.92. The fourth-order valence-electron chi connectivity index (χ4n) is 2.63. The minimum absolute atomic E-state index is 0.677. The average Bonchev–Trinajstić information content (AvgIpc) is 2.92. The zero-order valence-corrected chi connectivity index (χ0v) is 12.4. The molecule has 0 saturated carbocycles. The van der Waals surface area contributed by atoms with Crippen LogP contribution in [-0.4, -0.2) is 18.3 Å². The van der Waals surface area contributed by atoms with Gasteiger partial charge in [0.15, 0.2) is 0 Å². The predicted molar refractivity (Wildman–Crippen MR) is 85.2 cm³/mol. The Balaban J connectivity index is 2.00. The lowest BCUT2D eigenvalue weighted by Crippen LogP contribution is -2.00. The largest absolute Gasteiger partial charge is 0.496 e. The van der Waals surface area contributed by atoms with Gasteiger partial charge in [0.2, 0.25) is 0 Å². The molecule has 0 aliphatic heterocycles. The normalized spacial score (nSPS) is 10.8. The Hall–Kier alpha value is -2.42. The third-order valence-corrected chi connectivity index (χ3v) is 3.61. The molecule has 3 rings (SSSR count). The van der Waals surface area contributed by atoms with Crippen LogP contribution >= 0.6 is 0 Å². The van der Waals surface area contributed by atoms with Crippen LogP contribution in [0.25, 0.3) is 10.9 Å². The third kappa shape index (κ3) is 2.59. The van der Waals surface area contributed by atoms with Crippen LogP contribution < -0.4 is 9.47 Å². The van der Waals surface area contributed by atoms with Gasteiger partial charge in [-0.15, -0.1) is 0 Å². The van der Waals surface area contributed by atoms with Gasteiger partial charge in [-0.3, -0.25) is 0 Å². The molecular formula is C18H19NO2. The van der Waals surface area contributed by atoms with E-state index in [-0.39, 0.29) is 0 Å². The molecular weight excluding hydrogens is 262 g/mol. The van der Waals surface area contributed by atoms with Crippen LogP contribution in [0.2, 0.25) is 0 Å². The summed E-state index contributed by atoms with van der Waals surface area (Å²) >= 11 is 0. The average molecular weight is 281 g/mol. The predicted octanol–water partition coefficient (Wildman–Crippen LogP) is 4.10. The molecule has 1 aromatic heterocycles. The van der Waals surface area contributed by atoms with E-state index in [1.165, 1.54) is 11.1 Å². The molecule has 2 aromatic carbocycles. The standard InChI is InChI=1S/C18H19NO2/c1-3-21-18-10-6-8-16-15(18)11-12-19(16)13-14-7-4-5-9-17(14)20-2/h4-12H,3,13H2,1-2H3. The van der Waals surface area contributed by atoms with E-state index in [9.17, 15) is 0 Å². The molecule has 3 aromatic rings. The first-order valence-corrected chi connectivity index (χ1v) is 7.16. The number of aromatic nitrogens is 1. The van der Waals surface area contributed by atoms with Crippen LogP contribution in [0.15, 0.2) is 54.7 Å². The van der Waals surface area contributed by atoms with E-state index in [4.69, 9.17) is 9.47 Å². The van der Waals surface area contributed by atoms with Gasteiger partial charge in [0.05, 0.1) is 25.8 Å². The summed E-state index contributed by atoms with van der Waals surface area (Å²) in [6.45, 7) is 3.46. The quantitative estimate of drug-likeness (QED) is 0.703. The summed E-state index contributed by atoms with van der Waals surface area (Å²) in [5, 5.41) is 1.15. The molecule has 21 heavy (non-hydrogen) atoms. The summed E-state index contributed by atoms with van der Waals surface area (Å²) in [4.78, 5) is 0. The van der Waals surface area contributed by atoms with E-state index in [0.29, 0.717) is 6.61 Å². The van der Waals surface area contributed by atoms with E-state index in [2.05, 4.69) is 29.0 Å². The maximum atomic E-state index is 5.69. The monoisotopic (exact) mass is 281 g/mol. The fourth-order valence-corrected chi connectivity index (χ4v) is 2.63. The van der Waals surface area contributed by atoms with Crippen molar-refractivity contribution in [2.75, 3.05) is 13.7 Å². The molecule has 0 amide bonds. The Morgan fingerprint density at radius 3 is 2.57 bits per heavy atom. The highest BCUT2D eigenvalue weighted by atomic mass is 16.5. The topological polar surface area (TPSA) is 23.4 Å². The minimum atomic E-state index is 0.677. The molecule has 0 radical (unpaired) electrons. The smallest absolute Gasteiger partial charge is 0.128 e. The van der Waals surface area contributed by atoms with E-state index in [1.54, 1.807) is 7.11 Å². The van der Waals surface area contributed by atoms with Crippen molar-refractivity contribution >= 4 is 10.9 Å². The molecule has 0 bridgehead atoms. The highest BCUT2D eigenvalue weighted by molar-refractivity contribution is 5.86. The van der Waals surface area contributed by atoms with Crippen LogP contribution in [0, 0.1) is 0 Å².